The molecule has 3 N–H and O–H groups in total. The molecule has 4 nitrogen and oxygen atoms in total. The van der Waals surface area contributed by atoms with Crippen LogP contribution in [0.5, 0.6) is 0 Å². The van der Waals surface area contributed by atoms with Crippen LogP contribution >= 0.6 is 24.0 Å². The maximum absolute atomic E-state index is 5.88. The molecular formula is C17H28IN3O. The number of halogens is 1. The molecule has 1 saturated carbocycles. The van der Waals surface area contributed by atoms with Crippen molar-refractivity contribution in [2.75, 3.05) is 18.5 Å². The highest BCUT2D eigenvalue weighted by atomic mass is 127. The summed E-state index contributed by atoms with van der Waals surface area (Å²) in [5, 5.41) is 3.11. The van der Waals surface area contributed by atoms with Crippen molar-refractivity contribution in [1.29, 1.82) is 0 Å². The van der Waals surface area contributed by atoms with Crippen LogP contribution in [-0.4, -0.2) is 25.2 Å². The fourth-order valence-corrected chi connectivity index (χ4v) is 2.66. The number of anilines is 1. The van der Waals surface area contributed by atoms with Crippen LogP contribution < -0.4 is 11.1 Å². The first kappa shape index (κ1) is 19.2. The van der Waals surface area contributed by atoms with Crippen LogP contribution in [0.15, 0.2) is 29.3 Å². The van der Waals surface area contributed by atoms with Gasteiger partial charge < -0.3 is 15.8 Å². The molecule has 0 spiro atoms. The summed E-state index contributed by atoms with van der Waals surface area (Å²) in [6.07, 6.45) is 7.84. The molecule has 2 rings (SSSR count). The van der Waals surface area contributed by atoms with E-state index in [2.05, 4.69) is 29.4 Å². The van der Waals surface area contributed by atoms with E-state index in [0.29, 0.717) is 18.6 Å². The number of aliphatic imine (C=N–C) groups is 1. The van der Waals surface area contributed by atoms with E-state index >= 15 is 0 Å². The van der Waals surface area contributed by atoms with E-state index in [9.17, 15) is 0 Å². The van der Waals surface area contributed by atoms with Crippen LogP contribution in [0.1, 0.15) is 44.1 Å². The van der Waals surface area contributed by atoms with Crippen molar-refractivity contribution in [3.63, 3.8) is 0 Å². The first-order chi connectivity index (χ1) is 10.2. The van der Waals surface area contributed by atoms with Crippen LogP contribution in [0.4, 0.5) is 5.69 Å². The largest absolute Gasteiger partial charge is 0.378 e. The zero-order valence-electron chi connectivity index (χ0n) is 13.4. The summed E-state index contributed by atoms with van der Waals surface area (Å²) >= 11 is 0. The lowest BCUT2D eigenvalue weighted by Crippen LogP contribution is -2.23. The molecule has 1 aliphatic rings. The van der Waals surface area contributed by atoms with E-state index in [0.717, 1.165) is 18.7 Å². The van der Waals surface area contributed by atoms with Gasteiger partial charge in [0.2, 0.25) is 0 Å². The predicted molar refractivity (Wildman–Crippen MR) is 104 cm³/mol. The first-order valence-corrected chi connectivity index (χ1v) is 7.99. The Balaban J connectivity index is 0.00000242. The van der Waals surface area contributed by atoms with Gasteiger partial charge in [-0.1, -0.05) is 31.4 Å². The van der Waals surface area contributed by atoms with Crippen LogP contribution in [0, 0.1) is 6.92 Å². The molecule has 1 aromatic carbocycles. The standard InChI is InChI=1S/C17H27N3O.HI/c1-14-7-5-8-15(13-14)20-17(18)19-11-6-12-21-16-9-3-2-4-10-16;/h5,7-8,13,16H,2-4,6,9-12H2,1H3,(H3,18,19,20);1H. The monoisotopic (exact) mass is 417 g/mol. The van der Waals surface area contributed by atoms with Gasteiger partial charge >= 0.3 is 0 Å². The van der Waals surface area contributed by atoms with E-state index in [1.807, 2.05) is 12.1 Å². The van der Waals surface area contributed by atoms with Crippen molar-refractivity contribution in [1.82, 2.24) is 0 Å². The van der Waals surface area contributed by atoms with Crippen molar-refractivity contribution in [2.24, 2.45) is 10.7 Å². The second-order valence-electron chi connectivity index (χ2n) is 5.75. The molecule has 0 heterocycles. The number of nitrogens with zero attached hydrogens (tertiary/aromatic N) is 1. The van der Waals surface area contributed by atoms with Gasteiger partial charge in [-0.25, -0.2) is 0 Å². The smallest absolute Gasteiger partial charge is 0.193 e. The number of benzene rings is 1. The third kappa shape index (κ3) is 7.45. The number of nitrogens with one attached hydrogen (secondary N) is 1. The summed E-state index contributed by atoms with van der Waals surface area (Å²) in [7, 11) is 0. The fourth-order valence-electron chi connectivity index (χ4n) is 2.66. The lowest BCUT2D eigenvalue weighted by Gasteiger charge is -2.21. The van der Waals surface area contributed by atoms with Gasteiger partial charge in [0.1, 0.15) is 0 Å². The number of rotatable bonds is 6. The van der Waals surface area contributed by atoms with Crippen molar-refractivity contribution in [2.45, 2.75) is 51.6 Å². The van der Waals surface area contributed by atoms with Crippen molar-refractivity contribution in [3.05, 3.63) is 29.8 Å². The van der Waals surface area contributed by atoms with Crippen LogP contribution in [0.2, 0.25) is 0 Å². The maximum atomic E-state index is 5.88. The molecule has 0 bridgehead atoms. The Morgan fingerprint density at radius 3 is 2.82 bits per heavy atom. The summed E-state index contributed by atoms with van der Waals surface area (Å²) in [4.78, 5) is 4.34. The minimum atomic E-state index is 0. The minimum absolute atomic E-state index is 0. The van der Waals surface area contributed by atoms with Gasteiger partial charge in [0.25, 0.3) is 0 Å². The number of guanidine groups is 1. The maximum Gasteiger partial charge on any atom is 0.193 e. The highest BCUT2D eigenvalue weighted by Crippen LogP contribution is 2.20. The predicted octanol–water partition coefficient (Wildman–Crippen LogP) is 4.08. The Morgan fingerprint density at radius 2 is 2.09 bits per heavy atom. The molecule has 0 unspecified atom stereocenters. The highest BCUT2D eigenvalue weighted by Gasteiger charge is 2.12. The third-order valence-corrected chi connectivity index (χ3v) is 3.78. The molecule has 0 atom stereocenters. The fraction of sp³-hybridized carbons (Fsp3) is 0.588. The molecule has 0 aliphatic heterocycles. The summed E-state index contributed by atoms with van der Waals surface area (Å²) in [5.41, 5.74) is 8.06. The van der Waals surface area contributed by atoms with Gasteiger partial charge in [-0.3, -0.25) is 4.99 Å². The first-order valence-electron chi connectivity index (χ1n) is 7.99. The Bertz CT molecular complexity index is 459. The molecule has 1 fully saturated rings. The van der Waals surface area contributed by atoms with Crippen LogP contribution in [0.25, 0.3) is 0 Å². The summed E-state index contributed by atoms with van der Waals surface area (Å²) < 4.78 is 5.87. The molecule has 22 heavy (non-hydrogen) atoms. The molecule has 0 amide bonds. The topological polar surface area (TPSA) is 59.6 Å². The second-order valence-corrected chi connectivity index (χ2v) is 5.75. The number of aryl methyl sites for hydroxylation is 1. The van der Waals surface area contributed by atoms with Crippen molar-refractivity contribution >= 4 is 35.6 Å². The Labute approximate surface area is 150 Å². The molecule has 124 valence electrons. The normalized spacial score (nSPS) is 16.1. The zero-order valence-corrected chi connectivity index (χ0v) is 15.7. The van der Waals surface area contributed by atoms with E-state index < -0.39 is 0 Å². The molecule has 1 aromatic rings. The minimum Gasteiger partial charge on any atom is -0.378 e. The number of hydrogen-bond acceptors (Lipinski definition) is 2. The lowest BCUT2D eigenvalue weighted by atomic mass is 9.98. The third-order valence-electron chi connectivity index (χ3n) is 3.78. The van der Waals surface area contributed by atoms with Gasteiger partial charge in [-0.15, -0.1) is 24.0 Å². The van der Waals surface area contributed by atoms with Gasteiger partial charge in [-0.2, -0.15) is 0 Å². The Kier molecular flexibility index (Phi) is 9.47. The summed E-state index contributed by atoms with van der Waals surface area (Å²) in [5.74, 6) is 0.471. The van der Waals surface area contributed by atoms with E-state index in [1.54, 1.807) is 0 Å². The van der Waals surface area contributed by atoms with E-state index in [1.165, 1.54) is 37.7 Å². The molecule has 5 heteroatoms. The van der Waals surface area contributed by atoms with Gasteiger partial charge in [0.05, 0.1) is 6.10 Å². The quantitative estimate of drug-likeness (QED) is 0.317. The van der Waals surface area contributed by atoms with E-state index in [4.69, 9.17) is 10.5 Å². The van der Waals surface area contributed by atoms with Gasteiger partial charge in [0, 0.05) is 18.8 Å². The number of ether oxygens (including phenoxy) is 1. The Morgan fingerprint density at radius 1 is 1.32 bits per heavy atom. The number of hydrogen-bond donors (Lipinski definition) is 2. The Hall–Kier alpha value is -0.820. The van der Waals surface area contributed by atoms with Gasteiger partial charge in [0.15, 0.2) is 5.96 Å². The van der Waals surface area contributed by atoms with Crippen molar-refractivity contribution < 1.29 is 4.74 Å². The molecular weight excluding hydrogens is 389 g/mol. The van der Waals surface area contributed by atoms with Crippen LogP contribution in [0.3, 0.4) is 0 Å². The summed E-state index contributed by atoms with van der Waals surface area (Å²) in [6.45, 7) is 3.55. The molecule has 0 saturated heterocycles. The lowest BCUT2D eigenvalue weighted by molar-refractivity contribution is 0.0281. The molecule has 0 radical (unpaired) electrons. The average molecular weight is 417 g/mol. The van der Waals surface area contributed by atoms with Crippen LogP contribution in [-0.2, 0) is 4.74 Å². The van der Waals surface area contributed by atoms with E-state index in [-0.39, 0.29) is 24.0 Å². The zero-order chi connectivity index (χ0) is 14.9. The molecule has 1 aliphatic carbocycles. The summed E-state index contributed by atoms with van der Waals surface area (Å²) in [6, 6.07) is 8.10. The highest BCUT2D eigenvalue weighted by molar-refractivity contribution is 14.0. The SMILES string of the molecule is Cc1cccc(NC(N)=NCCCOC2CCCCC2)c1.I. The second kappa shape index (κ2) is 10.8. The molecule has 0 aromatic heterocycles. The average Bonchev–Trinajstić information content (AvgIpc) is 2.48. The number of nitrogens with two attached hydrogens (primary N) is 1. The van der Waals surface area contributed by atoms with Gasteiger partial charge in [-0.05, 0) is 43.9 Å². The van der Waals surface area contributed by atoms with Crippen molar-refractivity contribution in [3.8, 4) is 0 Å².